The number of anilines is 1. The van der Waals surface area contributed by atoms with Crippen molar-refractivity contribution in [2.75, 3.05) is 18.6 Å². The van der Waals surface area contributed by atoms with Crippen molar-refractivity contribution in [2.24, 2.45) is 0 Å². The maximum absolute atomic E-state index is 13.0. The summed E-state index contributed by atoms with van der Waals surface area (Å²) in [5, 5.41) is 0. The molecule has 6 nitrogen and oxygen atoms in total. The standard InChI is InChI=1S/C20H24N2O4S/c1-14(2)21-27(24,25)18-9-6-15(7-10-18)20(23)22-12-4-5-16-13-17(26-3)8-11-19(16)22/h6-11,13-14,21H,4-5,12H2,1-3H3. The van der Waals surface area contributed by atoms with Gasteiger partial charge in [-0.2, -0.15) is 0 Å². The molecule has 1 heterocycles. The number of carbonyl (C=O) groups is 1. The van der Waals surface area contributed by atoms with E-state index in [9.17, 15) is 13.2 Å². The smallest absolute Gasteiger partial charge is 0.258 e. The molecule has 1 N–H and O–H groups in total. The topological polar surface area (TPSA) is 75.7 Å². The summed E-state index contributed by atoms with van der Waals surface area (Å²) < 4.78 is 32.3. The number of sulfonamides is 1. The highest BCUT2D eigenvalue weighted by Gasteiger charge is 2.24. The Hall–Kier alpha value is -2.38. The Labute approximate surface area is 160 Å². The summed E-state index contributed by atoms with van der Waals surface area (Å²) in [5.74, 6) is 0.636. The van der Waals surface area contributed by atoms with Gasteiger partial charge < -0.3 is 9.64 Å². The average Bonchev–Trinajstić information content (AvgIpc) is 2.65. The van der Waals surface area contributed by atoms with E-state index in [0.29, 0.717) is 12.1 Å². The fourth-order valence-electron chi connectivity index (χ4n) is 3.22. The number of nitrogens with zero attached hydrogens (tertiary/aromatic N) is 1. The molecule has 0 unspecified atom stereocenters. The lowest BCUT2D eigenvalue weighted by Crippen LogP contribution is -2.35. The normalized spacial score (nSPS) is 14.1. The number of ether oxygens (including phenoxy) is 1. The molecule has 27 heavy (non-hydrogen) atoms. The lowest BCUT2D eigenvalue weighted by Gasteiger charge is -2.30. The zero-order chi connectivity index (χ0) is 19.6. The zero-order valence-corrected chi connectivity index (χ0v) is 16.5. The summed E-state index contributed by atoms with van der Waals surface area (Å²) in [7, 11) is -1.95. The minimum atomic E-state index is -3.57. The van der Waals surface area contributed by atoms with Gasteiger partial charge >= 0.3 is 0 Å². The molecule has 0 bridgehead atoms. The minimum Gasteiger partial charge on any atom is -0.497 e. The number of carbonyl (C=O) groups excluding carboxylic acids is 1. The first-order valence-electron chi connectivity index (χ1n) is 8.93. The highest BCUT2D eigenvalue weighted by molar-refractivity contribution is 7.89. The lowest BCUT2D eigenvalue weighted by atomic mass is 10.0. The van der Waals surface area contributed by atoms with Crippen molar-refractivity contribution in [3.8, 4) is 5.75 Å². The summed E-state index contributed by atoms with van der Waals surface area (Å²) in [4.78, 5) is 14.9. The predicted octanol–water partition coefficient (Wildman–Crippen LogP) is 2.97. The molecule has 2 aromatic rings. The van der Waals surface area contributed by atoms with Crippen molar-refractivity contribution in [1.82, 2.24) is 4.72 Å². The number of fused-ring (bicyclic) bond motifs is 1. The summed E-state index contributed by atoms with van der Waals surface area (Å²) in [6.45, 7) is 4.16. The van der Waals surface area contributed by atoms with E-state index in [1.807, 2.05) is 18.2 Å². The van der Waals surface area contributed by atoms with Crippen LogP contribution in [0, 0.1) is 0 Å². The van der Waals surface area contributed by atoms with Crippen molar-refractivity contribution in [2.45, 2.75) is 37.6 Å². The molecule has 7 heteroatoms. The maximum atomic E-state index is 13.0. The first kappa shape index (κ1) is 19.4. The molecule has 1 aliphatic rings. The number of nitrogens with one attached hydrogen (secondary N) is 1. The molecule has 1 amide bonds. The van der Waals surface area contributed by atoms with Gasteiger partial charge in [-0.25, -0.2) is 13.1 Å². The molecular formula is C20H24N2O4S. The molecule has 144 valence electrons. The van der Waals surface area contributed by atoms with Crippen LogP contribution in [0.1, 0.15) is 36.2 Å². The number of benzene rings is 2. The van der Waals surface area contributed by atoms with Crippen LogP contribution in [0.3, 0.4) is 0 Å². The van der Waals surface area contributed by atoms with E-state index in [1.165, 1.54) is 12.1 Å². The molecule has 2 aromatic carbocycles. The Kier molecular flexibility index (Phi) is 5.53. The number of aryl methyl sites for hydroxylation is 1. The number of hydrogen-bond donors (Lipinski definition) is 1. The third-order valence-electron chi connectivity index (χ3n) is 4.45. The fraction of sp³-hybridized carbons (Fsp3) is 0.350. The van der Waals surface area contributed by atoms with Crippen LogP contribution < -0.4 is 14.4 Å². The number of amides is 1. The van der Waals surface area contributed by atoms with Crippen molar-refractivity contribution in [3.05, 3.63) is 53.6 Å². The van der Waals surface area contributed by atoms with Crippen LogP contribution in [0.25, 0.3) is 0 Å². The minimum absolute atomic E-state index is 0.137. The molecule has 0 spiro atoms. The van der Waals surface area contributed by atoms with Gasteiger partial charge in [0.25, 0.3) is 5.91 Å². The molecule has 0 atom stereocenters. The largest absolute Gasteiger partial charge is 0.497 e. The molecular weight excluding hydrogens is 364 g/mol. The van der Waals surface area contributed by atoms with Crippen LogP contribution in [-0.2, 0) is 16.4 Å². The van der Waals surface area contributed by atoms with Gasteiger partial charge in [0, 0.05) is 23.8 Å². The van der Waals surface area contributed by atoms with Gasteiger partial charge in [-0.1, -0.05) is 0 Å². The van der Waals surface area contributed by atoms with E-state index in [1.54, 1.807) is 38.0 Å². The molecule has 3 rings (SSSR count). The Balaban J connectivity index is 1.85. The van der Waals surface area contributed by atoms with E-state index in [4.69, 9.17) is 4.74 Å². The molecule has 0 fully saturated rings. The highest BCUT2D eigenvalue weighted by atomic mass is 32.2. The summed E-state index contributed by atoms with van der Waals surface area (Å²) >= 11 is 0. The monoisotopic (exact) mass is 388 g/mol. The first-order valence-corrected chi connectivity index (χ1v) is 10.4. The van der Waals surface area contributed by atoms with E-state index in [2.05, 4.69) is 4.72 Å². The van der Waals surface area contributed by atoms with Gasteiger partial charge in [-0.15, -0.1) is 0 Å². The van der Waals surface area contributed by atoms with E-state index in [0.717, 1.165) is 29.8 Å². The van der Waals surface area contributed by atoms with Crippen LogP contribution in [0.5, 0.6) is 5.75 Å². The Morgan fingerprint density at radius 2 is 1.85 bits per heavy atom. The zero-order valence-electron chi connectivity index (χ0n) is 15.7. The second-order valence-corrected chi connectivity index (χ2v) is 8.57. The fourth-order valence-corrected chi connectivity index (χ4v) is 4.47. The van der Waals surface area contributed by atoms with Crippen molar-refractivity contribution < 1.29 is 17.9 Å². The van der Waals surface area contributed by atoms with Crippen molar-refractivity contribution >= 4 is 21.6 Å². The van der Waals surface area contributed by atoms with Gasteiger partial charge in [-0.3, -0.25) is 4.79 Å². The highest BCUT2D eigenvalue weighted by Crippen LogP contribution is 2.31. The van der Waals surface area contributed by atoms with Gasteiger partial charge in [0.05, 0.1) is 12.0 Å². The average molecular weight is 388 g/mol. The Morgan fingerprint density at radius 3 is 2.48 bits per heavy atom. The molecule has 0 aromatic heterocycles. The molecule has 0 saturated carbocycles. The summed E-state index contributed by atoms with van der Waals surface area (Å²) in [5.41, 5.74) is 2.42. The van der Waals surface area contributed by atoms with Crippen LogP contribution in [0.4, 0.5) is 5.69 Å². The van der Waals surface area contributed by atoms with E-state index < -0.39 is 10.0 Å². The third-order valence-corrected chi connectivity index (χ3v) is 6.13. The van der Waals surface area contributed by atoms with E-state index in [-0.39, 0.29) is 16.8 Å². The van der Waals surface area contributed by atoms with E-state index >= 15 is 0 Å². The third kappa shape index (κ3) is 4.14. The summed E-state index contributed by atoms with van der Waals surface area (Å²) in [6.07, 6.45) is 1.77. The number of methoxy groups -OCH3 is 1. The van der Waals surface area contributed by atoms with Crippen LogP contribution in [0.2, 0.25) is 0 Å². The maximum Gasteiger partial charge on any atom is 0.258 e. The van der Waals surface area contributed by atoms with Gasteiger partial charge in [0.1, 0.15) is 5.75 Å². The first-order chi connectivity index (χ1) is 12.8. The molecule has 0 aliphatic carbocycles. The van der Waals surface area contributed by atoms with Crippen LogP contribution >= 0.6 is 0 Å². The van der Waals surface area contributed by atoms with Crippen molar-refractivity contribution in [1.29, 1.82) is 0 Å². The Bertz CT molecular complexity index is 937. The quantitative estimate of drug-likeness (QED) is 0.854. The Morgan fingerprint density at radius 1 is 1.15 bits per heavy atom. The van der Waals surface area contributed by atoms with Crippen LogP contribution in [0.15, 0.2) is 47.4 Å². The molecule has 1 aliphatic heterocycles. The lowest BCUT2D eigenvalue weighted by molar-refractivity contribution is 0.0985. The summed E-state index contributed by atoms with van der Waals surface area (Å²) in [6, 6.07) is 11.6. The SMILES string of the molecule is COc1ccc2c(c1)CCCN2C(=O)c1ccc(S(=O)(=O)NC(C)C)cc1. The van der Waals surface area contributed by atoms with Gasteiger partial charge in [0.2, 0.25) is 10.0 Å². The number of hydrogen-bond acceptors (Lipinski definition) is 4. The second kappa shape index (κ2) is 7.70. The predicted molar refractivity (Wildman–Crippen MR) is 105 cm³/mol. The van der Waals surface area contributed by atoms with Crippen LogP contribution in [-0.4, -0.2) is 34.0 Å². The van der Waals surface area contributed by atoms with Crippen molar-refractivity contribution in [3.63, 3.8) is 0 Å². The molecule has 0 saturated heterocycles. The number of rotatable bonds is 5. The second-order valence-electron chi connectivity index (χ2n) is 6.86. The van der Waals surface area contributed by atoms with Gasteiger partial charge in [0.15, 0.2) is 0 Å². The molecule has 0 radical (unpaired) electrons. The van der Waals surface area contributed by atoms with Gasteiger partial charge in [-0.05, 0) is 74.7 Å².